The highest BCUT2D eigenvalue weighted by molar-refractivity contribution is 6.10. The molecule has 73 heavy (non-hydrogen) atoms. The fourth-order valence-electron chi connectivity index (χ4n) is 11.9. The van der Waals surface area contributed by atoms with Crippen molar-refractivity contribution in [3.05, 3.63) is 313 Å². The van der Waals surface area contributed by atoms with Gasteiger partial charge in [-0.15, -0.1) is 0 Å². The van der Waals surface area contributed by atoms with E-state index in [1.54, 1.807) is 0 Å². The molecule has 0 bridgehead atoms. The predicted molar refractivity (Wildman–Crippen MR) is 307 cm³/mol. The number of rotatable bonds is 9. The molecule has 0 unspecified atom stereocenters. The Labute approximate surface area is 426 Å². The van der Waals surface area contributed by atoms with Gasteiger partial charge in [0.25, 0.3) is 0 Å². The molecule has 1 aromatic heterocycles. The molecule has 12 aromatic carbocycles. The second-order valence-corrected chi connectivity index (χ2v) is 19.2. The van der Waals surface area contributed by atoms with Crippen LogP contribution in [0.5, 0.6) is 0 Å². The van der Waals surface area contributed by atoms with E-state index >= 15 is 0 Å². The monoisotopic (exact) mass is 928 g/mol. The van der Waals surface area contributed by atoms with Crippen molar-refractivity contribution in [3.63, 3.8) is 0 Å². The molecule has 2 heteroatoms. The van der Waals surface area contributed by atoms with Gasteiger partial charge in [0, 0.05) is 33.5 Å². The molecule has 1 aliphatic rings. The summed E-state index contributed by atoms with van der Waals surface area (Å²) in [5.74, 6) is 0. The van der Waals surface area contributed by atoms with Crippen LogP contribution < -0.4 is 4.90 Å². The van der Waals surface area contributed by atoms with Crippen LogP contribution in [0.3, 0.4) is 0 Å². The molecule has 0 radical (unpaired) electrons. The zero-order valence-corrected chi connectivity index (χ0v) is 40.1. The average molecular weight is 929 g/mol. The highest BCUT2D eigenvalue weighted by atomic mass is 15.1. The maximum atomic E-state index is 2.46. The largest absolute Gasteiger partial charge is 0.310 e. The van der Waals surface area contributed by atoms with Crippen LogP contribution >= 0.6 is 0 Å². The first kappa shape index (κ1) is 42.4. The van der Waals surface area contributed by atoms with Gasteiger partial charge < -0.3 is 9.47 Å². The molecule has 0 N–H and O–H groups in total. The summed E-state index contributed by atoms with van der Waals surface area (Å²) in [7, 11) is 0. The third-order valence-corrected chi connectivity index (χ3v) is 15.3. The Morgan fingerprint density at radius 1 is 0.274 bits per heavy atom. The molecular weight excluding hydrogens is 881 g/mol. The average Bonchev–Trinajstić information content (AvgIpc) is 3.96. The van der Waals surface area contributed by atoms with E-state index in [2.05, 4.69) is 301 Å². The van der Waals surface area contributed by atoms with Crippen LogP contribution in [0.15, 0.2) is 291 Å². The number of benzene rings is 12. The van der Waals surface area contributed by atoms with E-state index < -0.39 is 5.41 Å². The van der Waals surface area contributed by atoms with Crippen LogP contribution in [-0.2, 0) is 5.41 Å². The zero-order chi connectivity index (χ0) is 48.3. The summed E-state index contributed by atoms with van der Waals surface area (Å²) in [4.78, 5) is 2.43. The Balaban J connectivity index is 0.886. The van der Waals surface area contributed by atoms with Crippen molar-refractivity contribution in [2.24, 2.45) is 0 Å². The smallest absolute Gasteiger partial charge is 0.0714 e. The maximum Gasteiger partial charge on any atom is 0.0714 e. The Morgan fingerprint density at radius 2 is 0.781 bits per heavy atom. The number of nitrogens with zero attached hydrogens (tertiary/aromatic N) is 2. The molecule has 14 rings (SSSR count). The van der Waals surface area contributed by atoms with Gasteiger partial charge in [0.1, 0.15) is 0 Å². The molecular formula is C71H48N2. The normalized spacial score (nSPS) is 12.5. The minimum atomic E-state index is -0.520. The summed E-state index contributed by atoms with van der Waals surface area (Å²) in [6.07, 6.45) is 0. The second kappa shape index (κ2) is 17.4. The summed E-state index contributed by atoms with van der Waals surface area (Å²) in [6.45, 7) is 0. The van der Waals surface area contributed by atoms with Crippen LogP contribution in [0.25, 0.3) is 82.8 Å². The number of hydrogen-bond acceptors (Lipinski definition) is 1. The molecule has 0 amide bonds. The lowest BCUT2D eigenvalue weighted by atomic mass is 9.67. The molecule has 1 aliphatic carbocycles. The van der Waals surface area contributed by atoms with Gasteiger partial charge in [0.05, 0.1) is 16.4 Å². The predicted octanol–water partition coefficient (Wildman–Crippen LogP) is 18.8. The SMILES string of the molecule is c1ccc(-n2c3ccccc3c3ccc(-c4cccc(-c5ccc(N(c6ccc(-c7ccc8ccccc8c7)cc6)c6ccc7c(c6)C(c6ccccc6)(c6ccccc6)c6ccccc6-7)cc5)c4)cc32)cc1. The molecule has 1 heterocycles. The standard InChI is InChI=1S/C71H48N2/c1-4-21-57(22-5-1)71(58-23-6-2-7-24-58)67-29-14-12-27-63(67)64-44-42-62(48-68(64)71)72(61-40-35-51(36-41-61)55-32-31-49-17-10-11-18-52(49)46-55)60-38-33-50(34-39-60)53-19-16-20-54(45-53)56-37-43-66-65-28-13-15-30-69(65)73(70(66)47-56)59-25-8-3-9-26-59/h1-48H. The maximum absolute atomic E-state index is 2.46. The Morgan fingerprint density at radius 3 is 1.49 bits per heavy atom. The van der Waals surface area contributed by atoms with E-state index in [-0.39, 0.29) is 0 Å². The van der Waals surface area contributed by atoms with Gasteiger partial charge in [-0.05, 0) is 150 Å². The quantitative estimate of drug-likeness (QED) is 0.140. The summed E-state index contributed by atoms with van der Waals surface area (Å²) >= 11 is 0. The molecule has 0 saturated carbocycles. The van der Waals surface area contributed by atoms with Gasteiger partial charge >= 0.3 is 0 Å². The number of para-hydroxylation sites is 2. The molecule has 13 aromatic rings. The van der Waals surface area contributed by atoms with E-state index in [0.29, 0.717) is 0 Å². The minimum Gasteiger partial charge on any atom is -0.310 e. The lowest BCUT2D eigenvalue weighted by Crippen LogP contribution is -2.28. The fraction of sp³-hybridized carbons (Fsp3) is 0.0141. The molecule has 2 nitrogen and oxygen atoms in total. The van der Waals surface area contributed by atoms with Crippen molar-refractivity contribution < 1.29 is 0 Å². The summed E-state index contributed by atoms with van der Waals surface area (Å²) < 4.78 is 2.39. The van der Waals surface area contributed by atoms with Gasteiger partial charge in [0.2, 0.25) is 0 Å². The number of aromatic nitrogens is 1. The van der Waals surface area contributed by atoms with E-state index in [1.807, 2.05) is 0 Å². The Kier molecular flexibility index (Phi) is 10.1. The van der Waals surface area contributed by atoms with Gasteiger partial charge in [-0.3, -0.25) is 0 Å². The zero-order valence-electron chi connectivity index (χ0n) is 40.1. The Hall–Kier alpha value is -9.50. The van der Waals surface area contributed by atoms with Crippen molar-refractivity contribution in [1.82, 2.24) is 4.57 Å². The molecule has 0 saturated heterocycles. The van der Waals surface area contributed by atoms with Crippen LogP contribution in [0.2, 0.25) is 0 Å². The van der Waals surface area contributed by atoms with E-state index in [9.17, 15) is 0 Å². The van der Waals surface area contributed by atoms with Crippen molar-refractivity contribution in [1.29, 1.82) is 0 Å². The third-order valence-electron chi connectivity index (χ3n) is 15.3. The first-order valence-corrected chi connectivity index (χ1v) is 25.2. The number of fused-ring (bicyclic) bond motifs is 7. The molecule has 0 spiro atoms. The highest BCUT2D eigenvalue weighted by Crippen LogP contribution is 2.57. The summed E-state index contributed by atoms with van der Waals surface area (Å²) in [5.41, 5.74) is 21.0. The Bertz CT molecular complexity index is 4130. The first-order chi connectivity index (χ1) is 36.2. The lowest BCUT2D eigenvalue weighted by Gasteiger charge is -2.35. The number of anilines is 3. The van der Waals surface area contributed by atoms with Crippen LogP contribution in [-0.4, -0.2) is 4.57 Å². The molecule has 342 valence electrons. The van der Waals surface area contributed by atoms with Gasteiger partial charge in [-0.25, -0.2) is 0 Å². The van der Waals surface area contributed by atoms with Gasteiger partial charge in [0.15, 0.2) is 0 Å². The summed E-state index contributed by atoms with van der Waals surface area (Å²) in [5, 5.41) is 4.99. The van der Waals surface area contributed by atoms with E-state index in [1.165, 1.54) is 93.8 Å². The lowest BCUT2D eigenvalue weighted by molar-refractivity contribution is 0.768. The van der Waals surface area contributed by atoms with Crippen molar-refractivity contribution >= 4 is 49.6 Å². The minimum absolute atomic E-state index is 0.520. The van der Waals surface area contributed by atoms with E-state index in [0.717, 1.165) is 28.3 Å². The number of hydrogen-bond donors (Lipinski definition) is 0. The first-order valence-electron chi connectivity index (χ1n) is 25.2. The molecule has 0 atom stereocenters. The summed E-state index contributed by atoms with van der Waals surface area (Å²) in [6, 6.07) is 107. The van der Waals surface area contributed by atoms with Crippen LogP contribution in [0.1, 0.15) is 22.3 Å². The molecule has 0 aliphatic heterocycles. The van der Waals surface area contributed by atoms with Crippen molar-refractivity contribution in [3.8, 4) is 50.2 Å². The molecule has 0 fully saturated rings. The van der Waals surface area contributed by atoms with Gasteiger partial charge in [-0.2, -0.15) is 0 Å². The van der Waals surface area contributed by atoms with Crippen LogP contribution in [0, 0.1) is 0 Å². The second-order valence-electron chi connectivity index (χ2n) is 19.2. The van der Waals surface area contributed by atoms with Crippen molar-refractivity contribution in [2.45, 2.75) is 5.41 Å². The fourth-order valence-corrected chi connectivity index (χ4v) is 11.9. The van der Waals surface area contributed by atoms with E-state index in [4.69, 9.17) is 0 Å². The van der Waals surface area contributed by atoms with Crippen LogP contribution in [0.4, 0.5) is 17.1 Å². The third kappa shape index (κ3) is 7.02. The van der Waals surface area contributed by atoms with Gasteiger partial charge in [-0.1, -0.05) is 218 Å². The highest BCUT2D eigenvalue weighted by Gasteiger charge is 2.46. The van der Waals surface area contributed by atoms with Crippen molar-refractivity contribution in [2.75, 3.05) is 4.90 Å². The topological polar surface area (TPSA) is 8.17 Å².